The summed E-state index contributed by atoms with van der Waals surface area (Å²) in [6, 6.07) is 50.6. The Bertz CT molecular complexity index is 2410. The number of hydrogen-bond donors (Lipinski definition) is 0. The van der Waals surface area contributed by atoms with Gasteiger partial charge in [-0.2, -0.15) is 0 Å². The quantitative estimate of drug-likeness (QED) is 0.124. The van der Waals surface area contributed by atoms with Crippen molar-refractivity contribution >= 4 is 35.2 Å². The Kier molecular flexibility index (Phi) is 10.9. The zero-order valence-corrected chi connectivity index (χ0v) is 33.0. The predicted octanol–water partition coefficient (Wildman–Crippen LogP) is 11.4. The number of furan rings is 1. The Balaban J connectivity index is 0.000000175. The zero-order chi connectivity index (χ0) is 34.7. The van der Waals surface area contributed by atoms with Crippen LogP contribution < -0.4 is 5.19 Å². The molecule has 51 heavy (non-hydrogen) atoms. The molecule has 0 aliphatic carbocycles. The Morgan fingerprint density at radius 3 is 2.24 bits per heavy atom. The van der Waals surface area contributed by atoms with Crippen molar-refractivity contribution in [3.63, 3.8) is 0 Å². The maximum Gasteiger partial charge on any atom is 0.120 e. The molecule has 0 fully saturated rings. The minimum Gasteiger partial charge on any atom is -0.501 e. The van der Waals surface area contributed by atoms with Crippen molar-refractivity contribution in [3.8, 4) is 33.6 Å². The van der Waals surface area contributed by atoms with Gasteiger partial charge in [0.15, 0.2) is 0 Å². The number of fused-ring (bicyclic) bond motifs is 3. The second-order valence-electron chi connectivity index (χ2n) is 13.9. The zero-order valence-electron chi connectivity index (χ0n) is 29.6. The van der Waals surface area contributed by atoms with Crippen LogP contribution in [0.3, 0.4) is 0 Å². The third kappa shape index (κ3) is 8.02. The van der Waals surface area contributed by atoms with E-state index in [-0.39, 0.29) is 20.1 Å². The number of rotatable bonds is 6. The van der Waals surface area contributed by atoms with Crippen molar-refractivity contribution < 1.29 is 24.5 Å². The largest absolute Gasteiger partial charge is 0.501 e. The van der Waals surface area contributed by atoms with Crippen molar-refractivity contribution in [3.05, 3.63) is 174 Å². The van der Waals surface area contributed by atoms with E-state index < -0.39 is 8.07 Å². The molecule has 5 heteroatoms. The Hall–Kier alpha value is -4.93. The number of aromatic nitrogens is 2. The number of nitrogens with zero attached hydrogens (tertiary/aromatic N) is 2. The number of hydrogen-bond acceptors (Lipinski definition) is 3. The molecule has 0 bridgehead atoms. The van der Waals surface area contributed by atoms with Crippen LogP contribution in [-0.2, 0) is 26.5 Å². The van der Waals surface area contributed by atoms with E-state index in [9.17, 15) is 0 Å². The van der Waals surface area contributed by atoms with Crippen LogP contribution in [0.5, 0.6) is 0 Å². The summed E-state index contributed by atoms with van der Waals surface area (Å²) in [6.45, 7) is 11.3. The molecule has 3 heterocycles. The topological polar surface area (TPSA) is 38.9 Å². The molecule has 8 rings (SSSR count). The van der Waals surface area contributed by atoms with Crippen LogP contribution in [0.2, 0.25) is 19.6 Å². The van der Waals surface area contributed by atoms with Crippen molar-refractivity contribution in [2.24, 2.45) is 0 Å². The molecule has 0 spiro atoms. The average molecular weight is 857 g/mol. The van der Waals surface area contributed by atoms with Crippen LogP contribution in [0.25, 0.3) is 55.6 Å². The molecule has 0 saturated heterocycles. The molecule has 0 atom stereocenters. The molecule has 0 N–H and O–H groups in total. The van der Waals surface area contributed by atoms with Crippen molar-refractivity contribution in [2.45, 2.75) is 39.9 Å². The molecule has 8 aromatic rings. The maximum absolute atomic E-state index is 6.14. The van der Waals surface area contributed by atoms with Gasteiger partial charge in [-0.15, -0.1) is 53.6 Å². The van der Waals surface area contributed by atoms with E-state index in [1.54, 1.807) is 0 Å². The number of aryl methyl sites for hydroxylation is 2. The molecule has 3 aromatic heterocycles. The van der Waals surface area contributed by atoms with Gasteiger partial charge in [-0.05, 0) is 69.9 Å². The molecule has 5 aromatic carbocycles. The van der Waals surface area contributed by atoms with Crippen LogP contribution in [0.4, 0.5) is 0 Å². The predicted molar refractivity (Wildman–Crippen MR) is 211 cm³/mol. The Morgan fingerprint density at radius 2 is 1.47 bits per heavy atom. The van der Waals surface area contributed by atoms with E-state index in [1.807, 2.05) is 36.5 Å². The second kappa shape index (κ2) is 15.5. The summed E-state index contributed by atoms with van der Waals surface area (Å²) in [5.74, 6) is 0. The molecular formula is C46H40IrN2OSi-2. The van der Waals surface area contributed by atoms with E-state index >= 15 is 0 Å². The summed E-state index contributed by atoms with van der Waals surface area (Å²) in [4.78, 5) is 9.34. The molecule has 255 valence electrons. The molecule has 0 aliphatic heterocycles. The van der Waals surface area contributed by atoms with E-state index in [0.29, 0.717) is 0 Å². The monoisotopic (exact) mass is 857 g/mol. The van der Waals surface area contributed by atoms with Crippen LogP contribution in [0.15, 0.2) is 144 Å². The van der Waals surface area contributed by atoms with Crippen molar-refractivity contribution in [2.75, 3.05) is 0 Å². The van der Waals surface area contributed by atoms with Crippen LogP contribution in [0.1, 0.15) is 22.3 Å². The summed E-state index contributed by atoms with van der Waals surface area (Å²) < 4.78 is 6.14. The first kappa shape index (κ1) is 35.9. The SMILES string of the molecule is Cc1c[c-]c(-c2cc(-c3ccccc3)c([Si](C)(C)C)cn2)cc1.Cc1ccccc1Cc1ccnc(-c2[c-]ccc3c2oc2ccccc23)c1.[Ir]. The Labute approximate surface area is 315 Å². The third-order valence-electron chi connectivity index (χ3n) is 9.12. The molecule has 0 saturated carbocycles. The Morgan fingerprint density at radius 1 is 0.706 bits per heavy atom. The van der Waals surface area contributed by atoms with Crippen molar-refractivity contribution in [1.29, 1.82) is 0 Å². The van der Waals surface area contributed by atoms with Gasteiger partial charge in [0.05, 0.1) is 13.7 Å². The first-order valence-corrected chi connectivity index (χ1v) is 20.6. The molecular weight excluding hydrogens is 817 g/mol. The summed E-state index contributed by atoms with van der Waals surface area (Å²) >= 11 is 0. The van der Waals surface area contributed by atoms with E-state index in [0.717, 1.165) is 50.9 Å². The minimum absolute atomic E-state index is 0. The van der Waals surface area contributed by atoms with Gasteiger partial charge >= 0.3 is 0 Å². The summed E-state index contributed by atoms with van der Waals surface area (Å²) in [7, 11) is -1.47. The minimum atomic E-state index is -1.47. The molecule has 0 unspecified atom stereocenters. The van der Waals surface area contributed by atoms with E-state index in [4.69, 9.17) is 9.40 Å². The third-order valence-corrected chi connectivity index (χ3v) is 11.1. The first-order chi connectivity index (χ1) is 24.2. The molecule has 3 nitrogen and oxygen atoms in total. The fourth-order valence-electron chi connectivity index (χ4n) is 6.35. The van der Waals surface area contributed by atoms with Gasteiger partial charge in [0.2, 0.25) is 0 Å². The standard InChI is InChI=1S/C25H18NO.C21H22NSi.Ir/c1-17-7-2-3-8-19(17)15-18-13-14-26-23(16-18)22-11-6-10-21-20-9-4-5-12-24(20)27-25(21)22;1-16-10-12-18(13-11-16)20-14-19(17-8-6-5-7-9-17)21(15-22-20)23(2,3)4;/h2-10,12-14,16H,15H2,1H3;5-12,14-15H,1-4H3;/q2*-1;. The fourth-order valence-corrected chi connectivity index (χ4v) is 7.83. The van der Waals surface area contributed by atoms with Gasteiger partial charge in [0, 0.05) is 37.9 Å². The second-order valence-corrected chi connectivity index (χ2v) is 18.9. The van der Waals surface area contributed by atoms with Gasteiger partial charge in [-0.1, -0.05) is 122 Å². The van der Waals surface area contributed by atoms with E-state index in [1.165, 1.54) is 38.6 Å². The van der Waals surface area contributed by atoms with Crippen LogP contribution >= 0.6 is 0 Å². The van der Waals surface area contributed by atoms with Gasteiger partial charge in [-0.3, -0.25) is 0 Å². The summed E-state index contributed by atoms with van der Waals surface area (Å²) in [5, 5.41) is 3.63. The molecule has 0 aliphatic rings. The average Bonchev–Trinajstić information content (AvgIpc) is 3.52. The molecule has 0 amide bonds. The van der Waals surface area contributed by atoms with Gasteiger partial charge in [0.25, 0.3) is 0 Å². The maximum atomic E-state index is 6.14. The number of para-hydroxylation sites is 1. The fraction of sp³-hybridized carbons (Fsp3) is 0.130. The summed E-state index contributed by atoms with van der Waals surface area (Å²) in [5.41, 5.74) is 13.3. The number of benzene rings is 5. The van der Waals surface area contributed by atoms with E-state index in [2.05, 4.69) is 154 Å². The smallest absolute Gasteiger partial charge is 0.120 e. The van der Waals surface area contributed by atoms with Gasteiger partial charge < -0.3 is 14.4 Å². The normalized spacial score (nSPS) is 11.2. The van der Waals surface area contributed by atoms with Gasteiger partial charge in [-0.25, -0.2) is 0 Å². The van der Waals surface area contributed by atoms with Crippen molar-refractivity contribution in [1.82, 2.24) is 9.97 Å². The van der Waals surface area contributed by atoms with Gasteiger partial charge in [0.1, 0.15) is 5.58 Å². The first-order valence-electron chi connectivity index (χ1n) is 17.1. The molecule has 1 radical (unpaired) electrons. The number of pyridine rings is 2. The summed E-state index contributed by atoms with van der Waals surface area (Å²) in [6.07, 6.45) is 4.84. The van der Waals surface area contributed by atoms with Crippen LogP contribution in [0, 0.1) is 26.0 Å². The van der Waals surface area contributed by atoms with Crippen LogP contribution in [-0.4, -0.2) is 18.0 Å².